The molecule has 0 aliphatic carbocycles. The van der Waals surface area contributed by atoms with E-state index in [1.807, 2.05) is 0 Å². The minimum Gasteiger partial charge on any atom is -0.360 e. The molecule has 1 heterocycles. The Morgan fingerprint density at radius 2 is 1.79 bits per heavy atom. The number of nitrogens with zero attached hydrogens (tertiary/aromatic N) is 1. The highest BCUT2D eigenvalue weighted by Crippen LogP contribution is 2.19. The van der Waals surface area contributed by atoms with Crippen molar-refractivity contribution in [2.24, 2.45) is 0 Å². The van der Waals surface area contributed by atoms with Crippen molar-refractivity contribution in [3.05, 3.63) is 65.9 Å². The van der Waals surface area contributed by atoms with Crippen LogP contribution in [0.1, 0.15) is 5.76 Å². The molecule has 3 rings (SSSR count). The molecule has 3 aromatic rings. The molecule has 0 aliphatic rings. The Balaban J connectivity index is 1.66. The van der Waals surface area contributed by atoms with E-state index in [9.17, 15) is 17.2 Å². The SMILES string of the molecule is Cc1cc(NS(=O)(=O)c2ccc(NC(=S)Nc3ccc(F)cc3F)cc2)no1. The Morgan fingerprint density at radius 3 is 2.39 bits per heavy atom. The van der Waals surface area contributed by atoms with Gasteiger partial charge in [-0.25, -0.2) is 17.2 Å². The van der Waals surface area contributed by atoms with Crippen molar-refractivity contribution >= 4 is 44.5 Å². The molecule has 0 spiro atoms. The molecule has 0 amide bonds. The number of halogens is 2. The standard InChI is InChI=1S/C17H14F2N4O3S2/c1-10-8-16(22-26-10)23-28(24,25)13-5-3-12(4-6-13)20-17(27)21-15-7-2-11(18)9-14(15)19/h2-9H,1H3,(H,22,23)(H2,20,21,27). The van der Waals surface area contributed by atoms with Crippen LogP contribution >= 0.6 is 12.2 Å². The summed E-state index contributed by atoms with van der Waals surface area (Å²) in [5.41, 5.74) is 0.474. The van der Waals surface area contributed by atoms with E-state index in [0.717, 1.165) is 12.1 Å². The first-order valence-electron chi connectivity index (χ1n) is 7.82. The van der Waals surface area contributed by atoms with E-state index in [1.165, 1.54) is 36.4 Å². The maximum atomic E-state index is 13.6. The largest absolute Gasteiger partial charge is 0.360 e. The van der Waals surface area contributed by atoms with Gasteiger partial charge in [-0.15, -0.1) is 0 Å². The third kappa shape index (κ3) is 4.81. The fourth-order valence-corrected chi connectivity index (χ4v) is 3.42. The number of aryl methyl sites for hydroxylation is 1. The van der Waals surface area contributed by atoms with Gasteiger partial charge in [0.05, 0.1) is 10.6 Å². The fraction of sp³-hybridized carbons (Fsp3) is 0.0588. The normalized spacial score (nSPS) is 11.1. The molecular formula is C17H14F2N4O3S2. The van der Waals surface area contributed by atoms with E-state index in [1.54, 1.807) is 6.92 Å². The minimum absolute atomic E-state index is 0.00200. The quantitative estimate of drug-likeness (QED) is 0.535. The number of benzene rings is 2. The van der Waals surface area contributed by atoms with Gasteiger partial charge in [0.15, 0.2) is 10.9 Å². The lowest BCUT2D eigenvalue weighted by atomic mass is 10.3. The highest BCUT2D eigenvalue weighted by molar-refractivity contribution is 7.92. The van der Waals surface area contributed by atoms with Gasteiger partial charge >= 0.3 is 0 Å². The average Bonchev–Trinajstić information content (AvgIpc) is 3.02. The Morgan fingerprint density at radius 1 is 1.07 bits per heavy atom. The Hall–Kier alpha value is -3.05. The molecule has 0 aliphatic heterocycles. The lowest BCUT2D eigenvalue weighted by molar-refractivity contribution is 0.400. The van der Waals surface area contributed by atoms with Crippen molar-refractivity contribution in [1.29, 1.82) is 0 Å². The molecule has 11 heteroatoms. The molecule has 0 atom stereocenters. The summed E-state index contributed by atoms with van der Waals surface area (Å²) in [4.78, 5) is 0.00200. The topological polar surface area (TPSA) is 96.3 Å². The second-order valence-corrected chi connectivity index (χ2v) is 7.75. The first-order valence-corrected chi connectivity index (χ1v) is 9.71. The third-order valence-corrected chi connectivity index (χ3v) is 5.04. The summed E-state index contributed by atoms with van der Waals surface area (Å²) in [7, 11) is -3.84. The molecule has 7 nitrogen and oxygen atoms in total. The number of thiocarbonyl (C=S) groups is 1. The van der Waals surface area contributed by atoms with E-state index < -0.39 is 21.7 Å². The Labute approximate surface area is 164 Å². The number of hydrogen-bond donors (Lipinski definition) is 3. The van der Waals surface area contributed by atoms with E-state index in [2.05, 4.69) is 20.5 Å². The van der Waals surface area contributed by atoms with Crippen LogP contribution in [-0.2, 0) is 10.0 Å². The minimum atomic E-state index is -3.84. The van der Waals surface area contributed by atoms with Crippen LogP contribution in [-0.4, -0.2) is 18.7 Å². The molecule has 0 unspecified atom stereocenters. The first-order chi connectivity index (χ1) is 13.2. The molecule has 2 aromatic carbocycles. The molecular weight excluding hydrogens is 410 g/mol. The summed E-state index contributed by atoms with van der Waals surface area (Å²) in [6.07, 6.45) is 0. The number of nitrogens with one attached hydrogen (secondary N) is 3. The molecule has 146 valence electrons. The van der Waals surface area contributed by atoms with Crippen LogP contribution in [0.4, 0.5) is 26.0 Å². The number of anilines is 3. The molecule has 0 fully saturated rings. The summed E-state index contributed by atoms with van der Waals surface area (Å²) in [6, 6.07) is 10.2. The zero-order valence-electron chi connectivity index (χ0n) is 14.4. The van der Waals surface area contributed by atoms with E-state index in [0.29, 0.717) is 11.4 Å². The first kappa shape index (κ1) is 19.7. The highest BCUT2D eigenvalue weighted by atomic mass is 32.2. The second-order valence-electron chi connectivity index (χ2n) is 5.66. The number of hydrogen-bond acceptors (Lipinski definition) is 5. The maximum Gasteiger partial charge on any atom is 0.263 e. The van der Waals surface area contributed by atoms with Gasteiger partial charge in [-0.1, -0.05) is 5.16 Å². The third-order valence-electron chi connectivity index (χ3n) is 3.47. The smallest absolute Gasteiger partial charge is 0.263 e. The Bertz CT molecular complexity index is 1120. The van der Waals surface area contributed by atoms with E-state index >= 15 is 0 Å². The number of rotatable bonds is 5. The monoisotopic (exact) mass is 424 g/mol. The van der Waals surface area contributed by atoms with Crippen LogP contribution in [0, 0.1) is 18.6 Å². The fourth-order valence-electron chi connectivity index (χ4n) is 2.20. The maximum absolute atomic E-state index is 13.6. The van der Waals surface area contributed by atoms with Gasteiger partial charge in [0, 0.05) is 17.8 Å². The highest BCUT2D eigenvalue weighted by Gasteiger charge is 2.16. The predicted molar refractivity (Wildman–Crippen MR) is 105 cm³/mol. The molecule has 0 saturated carbocycles. The zero-order chi connectivity index (χ0) is 20.3. The van der Waals surface area contributed by atoms with Crippen LogP contribution in [0.5, 0.6) is 0 Å². The van der Waals surface area contributed by atoms with Crippen LogP contribution in [0.25, 0.3) is 0 Å². The van der Waals surface area contributed by atoms with Crippen molar-refractivity contribution < 1.29 is 21.7 Å². The second kappa shape index (κ2) is 7.90. The average molecular weight is 424 g/mol. The lowest BCUT2D eigenvalue weighted by Gasteiger charge is -2.12. The van der Waals surface area contributed by atoms with Crippen molar-refractivity contribution in [3.8, 4) is 0 Å². The van der Waals surface area contributed by atoms with Gasteiger partial charge < -0.3 is 15.2 Å². The predicted octanol–water partition coefficient (Wildman–Crippen LogP) is 3.87. The van der Waals surface area contributed by atoms with Gasteiger partial charge in [0.1, 0.15) is 17.4 Å². The van der Waals surface area contributed by atoms with Gasteiger partial charge in [-0.05, 0) is 55.5 Å². The van der Waals surface area contributed by atoms with Crippen LogP contribution in [0.2, 0.25) is 0 Å². The Kier molecular flexibility index (Phi) is 5.56. The van der Waals surface area contributed by atoms with Gasteiger partial charge in [-0.3, -0.25) is 4.72 Å². The lowest BCUT2D eigenvalue weighted by Crippen LogP contribution is -2.20. The molecule has 0 radical (unpaired) electrons. The molecule has 1 aromatic heterocycles. The summed E-state index contributed by atoms with van der Waals surface area (Å²) in [5.74, 6) is -0.949. The van der Waals surface area contributed by atoms with Crippen molar-refractivity contribution in [1.82, 2.24) is 5.16 Å². The summed E-state index contributed by atoms with van der Waals surface area (Å²) < 4.78 is 58.3. The molecule has 28 heavy (non-hydrogen) atoms. The van der Waals surface area contributed by atoms with E-state index in [-0.39, 0.29) is 21.5 Å². The van der Waals surface area contributed by atoms with E-state index in [4.69, 9.17) is 16.7 Å². The summed E-state index contributed by atoms with van der Waals surface area (Å²) in [5, 5.41) is 9.01. The van der Waals surface area contributed by atoms with Crippen LogP contribution in [0.3, 0.4) is 0 Å². The van der Waals surface area contributed by atoms with Crippen LogP contribution in [0.15, 0.2) is 57.9 Å². The van der Waals surface area contributed by atoms with Crippen molar-refractivity contribution in [3.63, 3.8) is 0 Å². The number of sulfonamides is 1. The summed E-state index contributed by atoms with van der Waals surface area (Å²) in [6.45, 7) is 1.64. The molecule has 0 saturated heterocycles. The van der Waals surface area contributed by atoms with Crippen molar-refractivity contribution in [2.45, 2.75) is 11.8 Å². The summed E-state index contributed by atoms with van der Waals surface area (Å²) >= 11 is 5.07. The molecule has 3 N–H and O–H groups in total. The van der Waals surface area contributed by atoms with Gasteiger partial charge in [0.2, 0.25) is 0 Å². The number of aromatic nitrogens is 1. The van der Waals surface area contributed by atoms with Crippen molar-refractivity contribution in [2.75, 3.05) is 15.4 Å². The molecule has 0 bridgehead atoms. The van der Waals surface area contributed by atoms with Crippen LogP contribution < -0.4 is 15.4 Å². The zero-order valence-corrected chi connectivity index (χ0v) is 16.0. The van der Waals surface area contributed by atoms with Gasteiger partial charge in [0.25, 0.3) is 10.0 Å². The van der Waals surface area contributed by atoms with Gasteiger partial charge in [-0.2, -0.15) is 0 Å².